The minimum Gasteiger partial charge on any atom is -0.456 e. The molecule has 3 aromatic rings. The molecule has 0 bridgehead atoms. The van der Waals surface area contributed by atoms with Gasteiger partial charge in [-0.15, -0.1) is 0 Å². The highest BCUT2D eigenvalue weighted by atomic mass is 35.5. The third kappa shape index (κ3) is 3.94. The van der Waals surface area contributed by atoms with Crippen LogP contribution in [0.5, 0.6) is 0 Å². The molecule has 0 unspecified atom stereocenters. The van der Waals surface area contributed by atoms with Crippen LogP contribution in [0.2, 0.25) is 5.15 Å². The summed E-state index contributed by atoms with van der Waals surface area (Å²) >= 11 is 5.91. The van der Waals surface area contributed by atoms with Crippen molar-refractivity contribution in [3.63, 3.8) is 0 Å². The Labute approximate surface area is 170 Å². The second kappa shape index (κ2) is 7.76. The Kier molecular flexibility index (Phi) is 5.57. The van der Waals surface area contributed by atoms with Gasteiger partial charge in [0.15, 0.2) is 5.76 Å². The molecule has 2 heterocycles. The van der Waals surface area contributed by atoms with Crippen molar-refractivity contribution in [2.45, 2.75) is 48.0 Å². The van der Waals surface area contributed by atoms with Crippen LogP contribution in [-0.4, -0.2) is 15.9 Å². The highest BCUT2D eigenvalue weighted by molar-refractivity contribution is 6.29. The molecule has 5 nitrogen and oxygen atoms in total. The molecule has 0 fully saturated rings. The van der Waals surface area contributed by atoms with E-state index in [1.165, 1.54) is 33.4 Å². The maximum absolute atomic E-state index is 12.5. The molecular weight excluding hydrogens is 374 g/mol. The standard InChI is InChI=1S/C22H24ClN3O2/c1-11-9-20(23)25-22(24-11)26-21(27)19-8-7-17(28-19)10-18-15(5)13(3)12(2)14(4)16(18)6/h7-9H,10H2,1-6H3,(H,24,25,26,27). The summed E-state index contributed by atoms with van der Waals surface area (Å²) in [7, 11) is 0. The van der Waals surface area contributed by atoms with Gasteiger partial charge < -0.3 is 4.42 Å². The van der Waals surface area contributed by atoms with Crippen LogP contribution in [0, 0.1) is 41.5 Å². The molecule has 1 amide bonds. The van der Waals surface area contributed by atoms with E-state index in [1.54, 1.807) is 19.1 Å². The summed E-state index contributed by atoms with van der Waals surface area (Å²) in [5.74, 6) is 0.705. The maximum atomic E-state index is 12.5. The largest absolute Gasteiger partial charge is 0.456 e. The van der Waals surface area contributed by atoms with Gasteiger partial charge >= 0.3 is 0 Å². The lowest BCUT2D eigenvalue weighted by Gasteiger charge is -2.18. The number of benzene rings is 1. The first-order valence-electron chi connectivity index (χ1n) is 9.14. The van der Waals surface area contributed by atoms with Crippen LogP contribution in [-0.2, 0) is 6.42 Å². The minimum atomic E-state index is -0.405. The van der Waals surface area contributed by atoms with Crippen molar-refractivity contribution in [1.82, 2.24) is 9.97 Å². The number of rotatable bonds is 4. The number of aromatic nitrogens is 2. The first kappa shape index (κ1) is 20.1. The summed E-state index contributed by atoms with van der Waals surface area (Å²) in [5, 5.41) is 2.90. The number of carbonyl (C=O) groups excluding carboxylic acids is 1. The van der Waals surface area contributed by atoms with E-state index in [2.05, 4.69) is 49.9 Å². The molecule has 1 N–H and O–H groups in total. The third-order valence-corrected chi connectivity index (χ3v) is 5.63. The average molecular weight is 398 g/mol. The molecule has 0 saturated heterocycles. The van der Waals surface area contributed by atoms with Gasteiger partial charge in [0.25, 0.3) is 5.91 Å². The van der Waals surface area contributed by atoms with Gasteiger partial charge in [0.2, 0.25) is 5.95 Å². The van der Waals surface area contributed by atoms with E-state index in [1.807, 2.05) is 6.07 Å². The lowest BCUT2D eigenvalue weighted by molar-refractivity contribution is 0.0994. The molecule has 1 aromatic carbocycles. The van der Waals surface area contributed by atoms with E-state index in [4.69, 9.17) is 16.0 Å². The summed E-state index contributed by atoms with van der Waals surface area (Å²) in [6.45, 7) is 12.5. The highest BCUT2D eigenvalue weighted by Crippen LogP contribution is 2.28. The van der Waals surface area contributed by atoms with Gasteiger partial charge in [0.1, 0.15) is 10.9 Å². The van der Waals surface area contributed by atoms with Gasteiger partial charge in [0, 0.05) is 12.1 Å². The average Bonchev–Trinajstić information content (AvgIpc) is 3.10. The highest BCUT2D eigenvalue weighted by Gasteiger charge is 2.17. The van der Waals surface area contributed by atoms with Gasteiger partial charge in [-0.3, -0.25) is 10.1 Å². The van der Waals surface area contributed by atoms with E-state index in [0.717, 1.165) is 5.76 Å². The molecule has 0 aliphatic carbocycles. The van der Waals surface area contributed by atoms with Crippen molar-refractivity contribution in [3.05, 3.63) is 73.9 Å². The van der Waals surface area contributed by atoms with E-state index in [0.29, 0.717) is 12.1 Å². The maximum Gasteiger partial charge on any atom is 0.293 e. The quantitative estimate of drug-likeness (QED) is 0.597. The first-order valence-corrected chi connectivity index (χ1v) is 9.52. The van der Waals surface area contributed by atoms with E-state index in [-0.39, 0.29) is 16.9 Å². The Morgan fingerprint density at radius 2 is 1.57 bits per heavy atom. The fraction of sp³-hybridized carbons (Fsp3) is 0.318. The van der Waals surface area contributed by atoms with Crippen molar-refractivity contribution in [2.75, 3.05) is 5.32 Å². The van der Waals surface area contributed by atoms with E-state index >= 15 is 0 Å². The Bertz CT molecular complexity index is 1020. The molecule has 3 rings (SSSR count). The van der Waals surface area contributed by atoms with Gasteiger partial charge in [-0.2, -0.15) is 0 Å². The molecule has 0 aliphatic rings. The van der Waals surface area contributed by atoms with Crippen LogP contribution in [0.15, 0.2) is 22.6 Å². The van der Waals surface area contributed by atoms with Crippen molar-refractivity contribution in [2.24, 2.45) is 0 Å². The lowest BCUT2D eigenvalue weighted by Crippen LogP contribution is -2.13. The number of aryl methyl sites for hydroxylation is 1. The van der Waals surface area contributed by atoms with Crippen LogP contribution in [0.4, 0.5) is 5.95 Å². The van der Waals surface area contributed by atoms with Gasteiger partial charge in [0.05, 0.1) is 0 Å². The molecular formula is C22H24ClN3O2. The Morgan fingerprint density at radius 1 is 0.964 bits per heavy atom. The topological polar surface area (TPSA) is 68.0 Å². The Balaban J connectivity index is 1.82. The van der Waals surface area contributed by atoms with Crippen molar-refractivity contribution in [1.29, 1.82) is 0 Å². The van der Waals surface area contributed by atoms with Crippen LogP contribution in [0.25, 0.3) is 0 Å². The summed E-state index contributed by atoms with van der Waals surface area (Å²) in [6.07, 6.45) is 0.639. The van der Waals surface area contributed by atoms with E-state index in [9.17, 15) is 4.79 Å². The zero-order valence-corrected chi connectivity index (χ0v) is 17.8. The molecule has 0 atom stereocenters. The molecule has 28 heavy (non-hydrogen) atoms. The molecule has 0 saturated carbocycles. The number of carbonyl (C=O) groups is 1. The number of nitrogens with zero attached hydrogens (tertiary/aromatic N) is 2. The molecule has 6 heteroatoms. The first-order chi connectivity index (χ1) is 13.2. The van der Waals surface area contributed by atoms with Crippen LogP contribution < -0.4 is 5.32 Å². The molecule has 0 aliphatic heterocycles. The second-order valence-corrected chi connectivity index (χ2v) is 7.54. The zero-order valence-electron chi connectivity index (χ0n) is 17.0. The minimum absolute atomic E-state index is 0.157. The number of furan rings is 1. The van der Waals surface area contributed by atoms with Gasteiger partial charge in [-0.1, -0.05) is 11.6 Å². The van der Waals surface area contributed by atoms with Gasteiger partial charge in [-0.25, -0.2) is 9.97 Å². The number of hydrogen-bond donors (Lipinski definition) is 1. The third-order valence-electron chi connectivity index (χ3n) is 5.44. The molecule has 0 radical (unpaired) electrons. The SMILES string of the molecule is Cc1cc(Cl)nc(NC(=O)c2ccc(Cc3c(C)c(C)c(C)c(C)c3C)o2)n1. The summed E-state index contributed by atoms with van der Waals surface area (Å²) in [6, 6.07) is 5.13. The number of nitrogens with one attached hydrogen (secondary N) is 1. The Hall–Kier alpha value is -2.66. The fourth-order valence-corrected chi connectivity index (χ4v) is 3.60. The lowest BCUT2D eigenvalue weighted by atomic mass is 9.88. The Morgan fingerprint density at radius 3 is 2.18 bits per heavy atom. The summed E-state index contributed by atoms with van der Waals surface area (Å²) < 4.78 is 5.80. The van der Waals surface area contributed by atoms with Crippen LogP contribution in [0.3, 0.4) is 0 Å². The molecule has 0 spiro atoms. The molecule has 2 aromatic heterocycles. The smallest absolute Gasteiger partial charge is 0.293 e. The van der Waals surface area contributed by atoms with Crippen LogP contribution >= 0.6 is 11.6 Å². The molecule has 146 valence electrons. The van der Waals surface area contributed by atoms with Crippen molar-refractivity contribution >= 4 is 23.5 Å². The second-order valence-electron chi connectivity index (χ2n) is 7.16. The predicted molar refractivity (Wildman–Crippen MR) is 111 cm³/mol. The zero-order chi connectivity index (χ0) is 20.6. The van der Waals surface area contributed by atoms with Crippen molar-refractivity contribution < 1.29 is 9.21 Å². The summed E-state index contributed by atoms with van der Waals surface area (Å²) in [4.78, 5) is 20.6. The number of anilines is 1. The monoisotopic (exact) mass is 397 g/mol. The predicted octanol–water partition coefficient (Wildman–Crippen LogP) is 5.42. The summed E-state index contributed by atoms with van der Waals surface area (Å²) in [5.41, 5.74) is 8.39. The number of halogens is 1. The van der Waals surface area contributed by atoms with Crippen molar-refractivity contribution in [3.8, 4) is 0 Å². The fourth-order valence-electron chi connectivity index (χ4n) is 3.36. The van der Waals surface area contributed by atoms with E-state index < -0.39 is 5.91 Å². The number of amides is 1. The normalized spacial score (nSPS) is 11.0. The number of hydrogen-bond acceptors (Lipinski definition) is 4. The van der Waals surface area contributed by atoms with Crippen LogP contribution in [0.1, 0.15) is 55.4 Å². The van der Waals surface area contributed by atoms with Gasteiger partial charge in [-0.05, 0) is 93.1 Å².